The van der Waals surface area contributed by atoms with E-state index in [2.05, 4.69) is 11.6 Å². The highest BCUT2D eigenvalue weighted by Crippen LogP contribution is 2.12. The fraction of sp³-hybridized carbons (Fsp3) is 0.625. The molecule has 11 heavy (non-hydrogen) atoms. The summed E-state index contributed by atoms with van der Waals surface area (Å²) >= 11 is 0. The molecule has 0 radical (unpaired) electrons. The van der Waals surface area contributed by atoms with E-state index in [4.69, 9.17) is 4.74 Å². The molecule has 62 valence electrons. The number of aliphatic imine (C=N–C) groups is 1. The predicted octanol–water partition coefficient (Wildman–Crippen LogP) is 1.30. The van der Waals surface area contributed by atoms with Crippen molar-refractivity contribution in [3.63, 3.8) is 0 Å². The lowest BCUT2D eigenvalue weighted by Crippen LogP contribution is -1.87. The van der Waals surface area contributed by atoms with Gasteiger partial charge in [0.1, 0.15) is 0 Å². The summed E-state index contributed by atoms with van der Waals surface area (Å²) in [4.78, 5) is 12.8. The van der Waals surface area contributed by atoms with Gasteiger partial charge in [-0.25, -0.2) is 9.79 Å². The highest BCUT2D eigenvalue weighted by molar-refractivity contribution is 5.32. The largest absolute Gasteiger partial charge is 0.373 e. The lowest BCUT2D eigenvalue weighted by atomic mass is 10.3. The zero-order valence-electron chi connectivity index (χ0n) is 6.75. The van der Waals surface area contributed by atoms with Crippen molar-refractivity contribution in [2.75, 3.05) is 13.2 Å². The van der Waals surface area contributed by atoms with Gasteiger partial charge in [-0.2, -0.15) is 0 Å². The van der Waals surface area contributed by atoms with Crippen LogP contribution in [0.5, 0.6) is 0 Å². The Morgan fingerprint density at radius 2 is 2.45 bits per heavy atom. The third-order valence-electron chi connectivity index (χ3n) is 1.03. The van der Waals surface area contributed by atoms with Crippen LogP contribution in [0.1, 0.15) is 13.3 Å². The van der Waals surface area contributed by atoms with E-state index in [9.17, 15) is 4.79 Å². The molecule has 0 N–H and O–H groups in total. The Kier molecular flexibility index (Phi) is 6.59. The molecule has 1 fully saturated rings. The molecular formula is C8H13NO2. The maximum atomic E-state index is 9.47. The van der Waals surface area contributed by atoms with E-state index in [1.165, 1.54) is 6.08 Å². The van der Waals surface area contributed by atoms with Gasteiger partial charge in [0.25, 0.3) is 0 Å². The summed E-state index contributed by atoms with van der Waals surface area (Å²) in [5.74, 6) is 0. The van der Waals surface area contributed by atoms with Gasteiger partial charge in [0.05, 0.1) is 19.3 Å². The van der Waals surface area contributed by atoms with Crippen molar-refractivity contribution < 1.29 is 9.53 Å². The lowest BCUT2D eigenvalue weighted by molar-refractivity contribution is 0.399. The van der Waals surface area contributed by atoms with E-state index in [0.717, 1.165) is 13.0 Å². The van der Waals surface area contributed by atoms with Gasteiger partial charge in [0.15, 0.2) is 0 Å². The van der Waals surface area contributed by atoms with Gasteiger partial charge in [-0.3, -0.25) is 0 Å². The SMILES string of the molecule is C=CC.O=C=NCCC1CO1. The number of rotatable bonds is 3. The molecule has 1 aliphatic rings. The van der Waals surface area contributed by atoms with Crippen LogP contribution in [0.3, 0.4) is 0 Å². The Hall–Kier alpha value is -0.920. The Balaban J connectivity index is 0.000000292. The Bertz CT molecular complexity index is 146. The number of carbonyl (C=O) groups excluding carboxylic acids is 1. The van der Waals surface area contributed by atoms with Gasteiger partial charge in [-0.1, -0.05) is 6.08 Å². The van der Waals surface area contributed by atoms with Gasteiger partial charge in [-0.15, -0.1) is 6.58 Å². The fourth-order valence-electron chi connectivity index (χ4n) is 0.489. The zero-order valence-corrected chi connectivity index (χ0v) is 6.75. The average molecular weight is 155 g/mol. The van der Waals surface area contributed by atoms with E-state index in [-0.39, 0.29) is 0 Å². The van der Waals surface area contributed by atoms with Crippen LogP contribution in [0.2, 0.25) is 0 Å². The molecule has 0 aromatic carbocycles. The van der Waals surface area contributed by atoms with E-state index in [1.807, 2.05) is 6.92 Å². The third-order valence-corrected chi connectivity index (χ3v) is 1.03. The molecule has 1 saturated heterocycles. The number of hydrogen-bond donors (Lipinski definition) is 0. The molecule has 0 aromatic rings. The maximum absolute atomic E-state index is 9.47. The van der Waals surface area contributed by atoms with Crippen molar-refractivity contribution in [1.29, 1.82) is 0 Å². The molecule has 0 amide bonds. The summed E-state index contributed by atoms with van der Waals surface area (Å²) < 4.78 is 4.87. The van der Waals surface area contributed by atoms with Crippen molar-refractivity contribution in [1.82, 2.24) is 0 Å². The molecule has 1 atom stereocenters. The first-order valence-electron chi connectivity index (χ1n) is 3.57. The van der Waals surface area contributed by atoms with Crippen LogP contribution in [0.15, 0.2) is 17.6 Å². The lowest BCUT2D eigenvalue weighted by Gasteiger charge is -1.81. The molecule has 1 heterocycles. The minimum absolute atomic E-state index is 0.382. The van der Waals surface area contributed by atoms with Crippen LogP contribution in [-0.4, -0.2) is 25.3 Å². The minimum atomic E-state index is 0.382. The number of isocyanates is 1. The van der Waals surface area contributed by atoms with Gasteiger partial charge >= 0.3 is 0 Å². The second-order valence-corrected chi connectivity index (χ2v) is 2.13. The molecule has 1 aliphatic heterocycles. The van der Waals surface area contributed by atoms with Crippen molar-refractivity contribution >= 4 is 6.08 Å². The Morgan fingerprint density at radius 3 is 2.82 bits per heavy atom. The van der Waals surface area contributed by atoms with Crippen molar-refractivity contribution in [3.05, 3.63) is 12.7 Å². The Labute approximate surface area is 66.8 Å². The van der Waals surface area contributed by atoms with E-state index in [1.54, 1.807) is 6.08 Å². The molecule has 1 unspecified atom stereocenters. The molecule has 0 bridgehead atoms. The smallest absolute Gasteiger partial charge is 0.234 e. The van der Waals surface area contributed by atoms with Crippen molar-refractivity contribution in [2.45, 2.75) is 19.4 Å². The van der Waals surface area contributed by atoms with E-state index < -0.39 is 0 Å². The molecule has 0 spiro atoms. The van der Waals surface area contributed by atoms with Gasteiger partial charge in [0.2, 0.25) is 6.08 Å². The molecule has 1 rings (SSSR count). The first-order valence-corrected chi connectivity index (χ1v) is 3.57. The number of hydrogen-bond acceptors (Lipinski definition) is 3. The third kappa shape index (κ3) is 9.08. The fourth-order valence-corrected chi connectivity index (χ4v) is 0.489. The molecular weight excluding hydrogens is 142 g/mol. The zero-order chi connectivity index (χ0) is 8.53. The maximum Gasteiger partial charge on any atom is 0.234 e. The second-order valence-electron chi connectivity index (χ2n) is 2.13. The molecule has 0 aliphatic carbocycles. The molecule has 0 aromatic heterocycles. The van der Waals surface area contributed by atoms with E-state index in [0.29, 0.717) is 12.6 Å². The first-order chi connectivity index (χ1) is 5.35. The number of ether oxygens (including phenoxy) is 1. The standard InChI is InChI=1S/C5H7NO2.C3H6/c7-4-6-2-1-5-3-8-5;1-3-2/h5H,1-3H2;3H,1H2,2H3. The quantitative estimate of drug-likeness (QED) is 0.267. The van der Waals surface area contributed by atoms with Crippen LogP contribution in [0.25, 0.3) is 0 Å². The van der Waals surface area contributed by atoms with Crippen LogP contribution in [-0.2, 0) is 9.53 Å². The summed E-state index contributed by atoms with van der Waals surface area (Å²) in [6, 6.07) is 0. The summed E-state index contributed by atoms with van der Waals surface area (Å²) in [5.41, 5.74) is 0. The normalized spacial score (nSPS) is 18.8. The molecule has 0 saturated carbocycles. The summed E-state index contributed by atoms with van der Waals surface area (Å²) in [6.07, 6.45) is 4.47. The Morgan fingerprint density at radius 1 is 1.91 bits per heavy atom. The van der Waals surface area contributed by atoms with Gasteiger partial charge < -0.3 is 4.74 Å². The van der Waals surface area contributed by atoms with Crippen LogP contribution < -0.4 is 0 Å². The number of allylic oxidation sites excluding steroid dienone is 1. The summed E-state index contributed by atoms with van der Waals surface area (Å²) in [7, 11) is 0. The van der Waals surface area contributed by atoms with Crippen LogP contribution >= 0.6 is 0 Å². The van der Waals surface area contributed by atoms with Crippen molar-refractivity contribution in [3.8, 4) is 0 Å². The van der Waals surface area contributed by atoms with Gasteiger partial charge in [-0.05, 0) is 13.3 Å². The van der Waals surface area contributed by atoms with E-state index >= 15 is 0 Å². The molecule has 3 nitrogen and oxygen atoms in total. The first kappa shape index (κ1) is 10.1. The number of nitrogens with zero attached hydrogens (tertiary/aromatic N) is 1. The number of epoxide rings is 1. The average Bonchev–Trinajstić information content (AvgIpc) is 2.74. The topological polar surface area (TPSA) is 42.0 Å². The molecule has 3 heteroatoms. The summed E-state index contributed by atoms with van der Waals surface area (Å²) in [5, 5.41) is 0. The predicted molar refractivity (Wildman–Crippen MR) is 43.2 cm³/mol. The highest BCUT2D eigenvalue weighted by Gasteiger charge is 2.20. The van der Waals surface area contributed by atoms with Crippen LogP contribution in [0.4, 0.5) is 0 Å². The monoisotopic (exact) mass is 155 g/mol. The van der Waals surface area contributed by atoms with Crippen molar-refractivity contribution in [2.24, 2.45) is 4.99 Å². The van der Waals surface area contributed by atoms with Crippen LogP contribution in [0, 0.1) is 0 Å². The van der Waals surface area contributed by atoms with Gasteiger partial charge in [0, 0.05) is 0 Å². The second kappa shape index (κ2) is 7.19. The summed E-state index contributed by atoms with van der Waals surface area (Å²) in [6.45, 7) is 6.66. The minimum Gasteiger partial charge on any atom is -0.373 e. The highest BCUT2D eigenvalue weighted by atomic mass is 16.6.